The molecule has 0 saturated heterocycles. The number of thiazole rings is 1. The molecule has 0 unspecified atom stereocenters. The standard InChI is InChI=1S/C10H11N3OS/c11-14-6-9-7-15-10(13-9)12-8-4-2-1-3-5-8/h1-5,7H,6,11H2,(H,12,13). The van der Waals surface area contributed by atoms with E-state index in [1.165, 1.54) is 11.3 Å². The van der Waals surface area contributed by atoms with Crippen LogP contribution in [0.4, 0.5) is 10.8 Å². The minimum Gasteiger partial charge on any atom is -0.332 e. The van der Waals surface area contributed by atoms with Crippen LogP contribution in [0.3, 0.4) is 0 Å². The maximum absolute atomic E-state index is 4.97. The summed E-state index contributed by atoms with van der Waals surface area (Å²) in [5.41, 5.74) is 1.85. The molecule has 0 aliphatic carbocycles. The zero-order valence-electron chi connectivity index (χ0n) is 8.01. The summed E-state index contributed by atoms with van der Waals surface area (Å²) in [6, 6.07) is 9.89. The molecule has 0 atom stereocenters. The van der Waals surface area contributed by atoms with Crippen LogP contribution in [0.5, 0.6) is 0 Å². The zero-order chi connectivity index (χ0) is 10.5. The van der Waals surface area contributed by atoms with Crippen LogP contribution in [0.15, 0.2) is 35.7 Å². The van der Waals surface area contributed by atoms with Crippen molar-refractivity contribution in [3.63, 3.8) is 0 Å². The second-order valence-corrected chi connectivity index (χ2v) is 3.80. The molecule has 0 saturated carbocycles. The van der Waals surface area contributed by atoms with E-state index in [4.69, 9.17) is 5.90 Å². The van der Waals surface area contributed by atoms with Crippen molar-refractivity contribution in [2.45, 2.75) is 6.61 Å². The number of hydrogen-bond acceptors (Lipinski definition) is 5. The van der Waals surface area contributed by atoms with Crippen LogP contribution in [0.2, 0.25) is 0 Å². The predicted molar refractivity (Wildman–Crippen MR) is 60.8 cm³/mol. The maximum Gasteiger partial charge on any atom is 0.187 e. The van der Waals surface area contributed by atoms with Crippen molar-refractivity contribution < 1.29 is 4.84 Å². The Balaban J connectivity index is 2.05. The average Bonchev–Trinajstić information content (AvgIpc) is 2.68. The fraction of sp³-hybridized carbons (Fsp3) is 0.100. The first-order valence-corrected chi connectivity index (χ1v) is 5.34. The van der Waals surface area contributed by atoms with Crippen molar-refractivity contribution in [1.29, 1.82) is 0 Å². The molecule has 2 aromatic rings. The largest absolute Gasteiger partial charge is 0.332 e. The summed E-state index contributed by atoms with van der Waals surface area (Å²) in [7, 11) is 0. The van der Waals surface area contributed by atoms with Gasteiger partial charge in [0, 0.05) is 11.1 Å². The van der Waals surface area contributed by atoms with Gasteiger partial charge >= 0.3 is 0 Å². The van der Waals surface area contributed by atoms with E-state index in [0.717, 1.165) is 16.5 Å². The molecule has 0 aliphatic heterocycles. The summed E-state index contributed by atoms with van der Waals surface area (Å²) in [5.74, 6) is 4.97. The van der Waals surface area contributed by atoms with E-state index >= 15 is 0 Å². The SMILES string of the molecule is NOCc1csc(Nc2ccccc2)n1. The summed E-state index contributed by atoms with van der Waals surface area (Å²) in [6.45, 7) is 0.340. The first-order valence-electron chi connectivity index (χ1n) is 4.46. The van der Waals surface area contributed by atoms with Crippen molar-refractivity contribution in [3.8, 4) is 0 Å². The van der Waals surface area contributed by atoms with Gasteiger partial charge in [-0.15, -0.1) is 11.3 Å². The predicted octanol–water partition coefficient (Wildman–Crippen LogP) is 2.28. The molecule has 15 heavy (non-hydrogen) atoms. The Morgan fingerprint density at radius 3 is 2.87 bits per heavy atom. The molecule has 1 aromatic heterocycles. The number of nitrogens with two attached hydrogens (primary N) is 1. The van der Waals surface area contributed by atoms with Gasteiger partial charge in [0.15, 0.2) is 5.13 Å². The van der Waals surface area contributed by atoms with E-state index in [-0.39, 0.29) is 0 Å². The quantitative estimate of drug-likeness (QED) is 0.777. The Kier molecular flexibility index (Phi) is 3.29. The smallest absolute Gasteiger partial charge is 0.187 e. The highest BCUT2D eigenvalue weighted by Gasteiger charge is 2.01. The lowest BCUT2D eigenvalue weighted by Crippen LogP contribution is -1.99. The van der Waals surface area contributed by atoms with Gasteiger partial charge in [-0.25, -0.2) is 10.9 Å². The van der Waals surface area contributed by atoms with E-state index in [1.54, 1.807) is 0 Å². The van der Waals surface area contributed by atoms with Crippen LogP contribution < -0.4 is 11.2 Å². The number of rotatable bonds is 4. The Hall–Kier alpha value is -1.43. The fourth-order valence-corrected chi connectivity index (χ4v) is 1.88. The van der Waals surface area contributed by atoms with Crippen LogP contribution in [-0.2, 0) is 11.4 Å². The van der Waals surface area contributed by atoms with E-state index in [1.807, 2.05) is 35.7 Å². The third kappa shape index (κ3) is 2.76. The monoisotopic (exact) mass is 221 g/mol. The molecule has 0 amide bonds. The van der Waals surface area contributed by atoms with Gasteiger partial charge in [-0.3, -0.25) is 4.84 Å². The van der Waals surface area contributed by atoms with Crippen molar-refractivity contribution in [1.82, 2.24) is 4.98 Å². The molecule has 0 radical (unpaired) electrons. The molecule has 0 fully saturated rings. The highest BCUT2D eigenvalue weighted by atomic mass is 32.1. The van der Waals surface area contributed by atoms with Crippen LogP contribution in [0, 0.1) is 0 Å². The van der Waals surface area contributed by atoms with Crippen molar-refractivity contribution in [2.75, 3.05) is 5.32 Å². The second-order valence-electron chi connectivity index (χ2n) is 2.95. The topological polar surface area (TPSA) is 60.2 Å². The van der Waals surface area contributed by atoms with Gasteiger partial charge in [0.25, 0.3) is 0 Å². The van der Waals surface area contributed by atoms with Gasteiger partial charge in [-0.05, 0) is 12.1 Å². The maximum atomic E-state index is 4.97. The fourth-order valence-electron chi connectivity index (χ4n) is 1.16. The number of anilines is 2. The van der Waals surface area contributed by atoms with Gasteiger partial charge in [0.2, 0.25) is 0 Å². The number of para-hydroxylation sites is 1. The average molecular weight is 221 g/mol. The normalized spacial score (nSPS) is 10.2. The Morgan fingerprint density at radius 1 is 1.33 bits per heavy atom. The summed E-state index contributed by atoms with van der Waals surface area (Å²) < 4.78 is 0. The summed E-state index contributed by atoms with van der Waals surface area (Å²) in [5, 5.41) is 5.95. The number of aromatic nitrogens is 1. The lowest BCUT2D eigenvalue weighted by atomic mass is 10.3. The minimum absolute atomic E-state index is 0.340. The molecular formula is C10H11N3OS. The number of benzene rings is 1. The third-order valence-electron chi connectivity index (χ3n) is 1.81. The molecule has 78 valence electrons. The number of nitrogens with zero attached hydrogens (tertiary/aromatic N) is 1. The van der Waals surface area contributed by atoms with Crippen LogP contribution in [0.1, 0.15) is 5.69 Å². The second kappa shape index (κ2) is 4.88. The molecule has 0 spiro atoms. The highest BCUT2D eigenvalue weighted by Crippen LogP contribution is 2.20. The molecule has 3 N–H and O–H groups in total. The molecule has 2 rings (SSSR count). The molecular weight excluding hydrogens is 210 g/mol. The Morgan fingerprint density at radius 2 is 2.13 bits per heavy atom. The molecule has 0 bridgehead atoms. The first-order chi connectivity index (χ1) is 7.38. The summed E-state index contributed by atoms with van der Waals surface area (Å²) in [6.07, 6.45) is 0. The van der Waals surface area contributed by atoms with Crippen molar-refractivity contribution in [3.05, 3.63) is 41.4 Å². The first kappa shape index (κ1) is 10.1. The van der Waals surface area contributed by atoms with Crippen molar-refractivity contribution in [2.24, 2.45) is 5.90 Å². The highest BCUT2D eigenvalue weighted by molar-refractivity contribution is 7.13. The van der Waals surface area contributed by atoms with Gasteiger partial charge in [0.1, 0.15) is 6.61 Å². The van der Waals surface area contributed by atoms with Crippen LogP contribution in [0.25, 0.3) is 0 Å². The van der Waals surface area contributed by atoms with Gasteiger partial charge in [-0.1, -0.05) is 18.2 Å². The summed E-state index contributed by atoms with van der Waals surface area (Å²) >= 11 is 1.53. The number of nitrogens with one attached hydrogen (secondary N) is 1. The molecule has 4 nitrogen and oxygen atoms in total. The Labute approximate surface area is 91.7 Å². The lowest BCUT2D eigenvalue weighted by Gasteiger charge is -2.00. The van der Waals surface area contributed by atoms with Gasteiger partial charge in [0.05, 0.1) is 5.69 Å². The van der Waals surface area contributed by atoms with E-state index in [0.29, 0.717) is 6.61 Å². The van der Waals surface area contributed by atoms with Crippen molar-refractivity contribution >= 4 is 22.2 Å². The van der Waals surface area contributed by atoms with Gasteiger partial charge in [-0.2, -0.15) is 0 Å². The molecule has 1 heterocycles. The van der Waals surface area contributed by atoms with Crippen LogP contribution in [-0.4, -0.2) is 4.98 Å². The van der Waals surface area contributed by atoms with E-state index < -0.39 is 0 Å². The summed E-state index contributed by atoms with van der Waals surface area (Å²) in [4.78, 5) is 8.81. The minimum atomic E-state index is 0.340. The molecule has 1 aromatic carbocycles. The van der Waals surface area contributed by atoms with E-state index in [9.17, 15) is 0 Å². The van der Waals surface area contributed by atoms with Gasteiger partial charge < -0.3 is 5.32 Å². The lowest BCUT2D eigenvalue weighted by molar-refractivity contribution is 0.122. The zero-order valence-corrected chi connectivity index (χ0v) is 8.83. The molecule has 5 heteroatoms. The van der Waals surface area contributed by atoms with Crippen LogP contribution >= 0.6 is 11.3 Å². The molecule has 0 aliphatic rings. The Bertz CT molecular complexity index is 416. The number of hydrogen-bond donors (Lipinski definition) is 2. The third-order valence-corrected chi connectivity index (χ3v) is 2.61. The van der Waals surface area contributed by atoms with E-state index in [2.05, 4.69) is 15.1 Å².